The van der Waals surface area contributed by atoms with E-state index in [0.717, 1.165) is 0 Å². The minimum atomic E-state index is 0. The second kappa shape index (κ2) is 74.2. The average Bonchev–Trinajstić information content (AvgIpc) is 0. The van der Waals surface area contributed by atoms with Gasteiger partial charge in [0.25, 0.3) is 0 Å². The molecule has 4 nitrogen and oxygen atoms in total. The van der Waals surface area contributed by atoms with Gasteiger partial charge in [0.15, 0.2) is 0 Å². The Labute approximate surface area is 78.3 Å². The van der Waals surface area contributed by atoms with Gasteiger partial charge < -0.3 is 21.9 Å². The van der Waals surface area contributed by atoms with Crippen LogP contribution in [0.25, 0.3) is 0 Å². The molecule has 0 amide bonds. The van der Waals surface area contributed by atoms with Crippen LogP contribution in [0, 0.1) is 0 Å². The molecule has 0 saturated carbocycles. The molecule has 0 heterocycles. The van der Waals surface area contributed by atoms with Gasteiger partial charge in [0.05, 0.1) is 0 Å². The summed E-state index contributed by atoms with van der Waals surface area (Å²) in [6.45, 7) is 0. The van der Waals surface area contributed by atoms with Crippen molar-refractivity contribution >= 4 is 37.7 Å². The smallest absolute Gasteiger partial charge is 0.412 e. The third-order valence-electron chi connectivity index (χ3n) is 0. The van der Waals surface area contributed by atoms with Crippen molar-refractivity contribution in [2.45, 2.75) is 0 Å². The van der Waals surface area contributed by atoms with E-state index in [0.29, 0.717) is 0 Å². The third kappa shape index (κ3) is 43.0. The SMILES string of the molecule is O.O.O.O.[Ca+2].[Zn]. The maximum absolute atomic E-state index is 0. The van der Waals surface area contributed by atoms with Gasteiger partial charge in [-0.2, -0.15) is 0 Å². The molecule has 0 aromatic carbocycles. The Morgan fingerprint density at radius 1 is 0.500 bits per heavy atom. The minimum Gasteiger partial charge on any atom is -0.412 e. The first-order valence-corrected chi connectivity index (χ1v) is 0. The molecule has 0 aliphatic carbocycles. The van der Waals surface area contributed by atoms with Crippen molar-refractivity contribution in [3.63, 3.8) is 0 Å². The zero-order valence-electron chi connectivity index (χ0n) is 3.41. The van der Waals surface area contributed by atoms with Crippen LogP contribution in [0.4, 0.5) is 0 Å². The molecule has 0 spiro atoms. The summed E-state index contributed by atoms with van der Waals surface area (Å²) >= 11 is 0. The molecule has 0 bridgehead atoms. The Morgan fingerprint density at radius 2 is 0.500 bits per heavy atom. The second-order valence-electron chi connectivity index (χ2n) is 0. The first-order chi connectivity index (χ1) is 0. The van der Waals surface area contributed by atoms with E-state index >= 15 is 0 Å². The molecule has 0 radical (unpaired) electrons. The molecule has 8 N–H and O–H groups in total. The molecule has 0 unspecified atom stereocenters. The zero-order valence-corrected chi connectivity index (χ0v) is 8.59. The monoisotopic (exact) mass is 176 g/mol. The third-order valence-corrected chi connectivity index (χ3v) is 0. The van der Waals surface area contributed by atoms with E-state index in [4.69, 9.17) is 0 Å². The van der Waals surface area contributed by atoms with Crippen molar-refractivity contribution in [2.24, 2.45) is 0 Å². The first-order valence-electron chi connectivity index (χ1n) is 0. The van der Waals surface area contributed by atoms with Crippen LogP contribution >= 0.6 is 0 Å². The van der Waals surface area contributed by atoms with Gasteiger partial charge in [-0.3, -0.25) is 0 Å². The predicted octanol–water partition coefficient (Wildman–Crippen LogP) is -3.68. The first kappa shape index (κ1) is 118. The average molecular weight is 178 g/mol. The van der Waals surface area contributed by atoms with E-state index in [1.807, 2.05) is 0 Å². The van der Waals surface area contributed by atoms with Gasteiger partial charge >= 0.3 is 37.7 Å². The van der Waals surface area contributed by atoms with Crippen molar-refractivity contribution in [1.82, 2.24) is 0 Å². The Bertz CT molecular complexity index is 7.51. The molecular formula is H8CaO4Zn+2. The Morgan fingerprint density at radius 3 is 0.500 bits per heavy atom. The standard InChI is InChI=1S/Ca.4H2O.Zn/h;4*1H2;/q+2;;;;;. The second-order valence-corrected chi connectivity index (χ2v) is 0. The molecule has 0 atom stereocenters. The number of hydrogen-bond donors (Lipinski definition) is 0. The van der Waals surface area contributed by atoms with Crippen molar-refractivity contribution in [3.8, 4) is 0 Å². The molecule has 0 saturated heterocycles. The molecule has 0 aromatic heterocycles. The Hall–Kier alpha value is 1.72. The van der Waals surface area contributed by atoms with Crippen molar-refractivity contribution in [2.75, 3.05) is 0 Å². The van der Waals surface area contributed by atoms with E-state index in [2.05, 4.69) is 0 Å². The Kier molecular flexibility index (Phi) is 1450. The Balaban J connectivity index is 0. The quantitative estimate of drug-likeness (QED) is 0.338. The van der Waals surface area contributed by atoms with Crippen LogP contribution in [-0.2, 0) is 19.5 Å². The maximum Gasteiger partial charge on any atom is 2.00 e. The van der Waals surface area contributed by atoms with Gasteiger partial charge in [0, 0.05) is 19.5 Å². The summed E-state index contributed by atoms with van der Waals surface area (Å²) in [5, 5.41) is 0. The largest absolute Gasteiger partial charge is 2.00 e. The van der Waals surface area contributed by atoms with Gasteiger partial charge in [0.2, 0.25) is 0 Å². The topological polar surface area (TPSA) is 126 Å². The van der Waals surface area contributed by atoms with Crippen LogP contribution in [0.3, 0.4) is 0 Å². The van der Waals surface area contributed by atoms with Crippen LogP contribution in [0.2, 0.25) is 0 Å². The molecule has 0 rings (SSSR count). The van der Waals surface area contributed by atoms with Gasteiger partial charge in [-0.15, -0.1) is 0 Å². The van der Waals surface area contributed by atoms with E-state index in [1.54, 1.807) is 0 Å². The maximum atomic E-state index is 0. The van der Waals surface area contributed by atoms with Crippen molar-refractivity contribution in [3.05, 3.63) is 0 Å². The normalized spacial score (nSPS) is 0. The van der Waals surface area contributed by atoms with E-state index in [-0.39, 0.29) is 79.1 Å². The molecule has 6 heavy (non-hydrogen) atoms. The molecule has 0 aliphatic rings. The van der Waals surface area contributed by atoms with Crippen molar-refractivity contribution in [1.29, 1.82) is 0 Å². The molecular weight excluding hydrogens is 169 g/mol. The number of hydrogen-bond acceptors (Lipinski definition) is 0. The van der Waals surface area contributed by atoms with E-state index in [1.165, 1.54) is 0 Å². The van der Waals surface area contributed by atoms with Crippen LogP contribution in [-0.4, -0.2) is 59.6 Å². The fraction of sp³-hybridized carbons (Fsp3) is 0. The summed E-state index contributed by atoms with van der Waals surface area (Å²) < 4.78 is 0. The summed E-state index contributed by atoms with van der Waals surface area (Å²) in [7, 11) is 0. The van der Waals surface area contributed by atoms with Gasteiger partial charge in [0.1, 0.15) is 0 Å². The summed E-state index contributed by atoms with van der Waals surface area (Å²) in [5.41, 5.74) is 0. The minimum absolute atomic E-state index is 0. The van der Waals surface area contributed by atoms with Crippen molar-refractivity contribution < 1.29 is 41.4 Å². The van der Waals surface area contributed by atoms with Gasteiger partial charge in [-0.1, -0.05) is 0 Å². The predicted molar refractivity (Wildman–Crippen MR) is 20.2 cm³/mol. The van der Waals surface area contributed by atoms with Crippen LogP contribution < -0.4 is 0 Å². The fourth-order valence-electron chi connectivity index (χ4n) is 0. The molecule has 0 fully saturated rings. The van der Waals surface area contributed by atoms with E-state index in [9.17, 15) is 0 Å². The van der Waals surface area contributed by atoms with Gasteiger partial charge in [-0.05, 0) is 0 Å². The van der Waals surface area contributed by atoms with E-state index < -0.39 is 0 Å². The summed E-state index contributed by atoms with van der Waals surface area (Å²) in [4.78, 5) is 0. The van der Waals surface area contributed by atoms with Crippen LogP contribution in [0.1, 0.15) is 0 Å². The van der Waals surface area contributed by atoms with Crippen LogP contribution in [0.5, 0.6) is 0 Å². The summed E-state index contributed by atoms with van der Waals surface area (Å²) in [6.07, 6.45) is 0. The summed E-state index contributed by atoms with van der Waals surface area (Å²) in [6, 6.07) is 0. The number of rotatable bonds is 0. The molecule has 6 heteroatoms. The summed E-state index contributed by atoms with van der Waals surface area (Å²) in [5.74, 6) is 0. The van der Waals surface area contributed by atoms with Gasteiger partial charge in [-0.25, -0.2) is 0 Å². The zero-order chi connectivity index (χ0) is 0. The molecule has 0 aromatic rings. The van der Waals surface area contributed by atoms with Crippen LogP contribution in [0.15, 0.2) is 0 Å². The fourth-order valence-corrected chi connectivity index (χ4v) is 0. The molecule has 0 aliphatic heterocycles. The molecule has 34 valence electrons.